The van der Waals surface area contributed by atoms with Crippen LogP contribution < -0.4 is 0 Å². The topological polar surface area (TPSA) is 69.4 Å². The summed E-state index contributed by atoms with van der Waals surface area (Å²) in [6, 6.07) is 2.91. The van der Waals surface area contributed by atoms with Gasteiger partial charge in [-0.25, -0.2) is 9.18 Å². The number of carbonyl (C=O) groups excluding carboxylic acids is 1. The summed E-state index contributed by atoms with van der Waals surface area (Å²) in [6.07, 6.45) is -0.439. The Morgan fingerprint density at radius 2 is 1.88 bits per heavy atom. The number of halogens is 1. The van der Waals surface area contributed by atoms with Crippen molar-refractivity contribution in [3.05, 3.63) is 45.8 Å². The Morgan fingerprint density at radius 3 is 2.29 bits per heavy atom. The largest absolute Gasteiger partial charge is 0.458 e. The number of hydrogen-bond acceptors (Lipinski definition) is 4. The SMILES string of the molecule is CC(C)OC(=O)C(c1ccc(F)cc1)[N+](=O)[O-]. The molecule has 6 heteroatoms. The molecule has 0 saturated heterocycles. The van der Waals surface area contributed by atoms with Crippen molar-refractivity contribution in [2.75, 3.05) is 0 Å². The zero-order valence-corrected chi connectivity index (χ0v) is 9.42. The fraction of sp³-hybridized carbons (Fsp3) is 0.364. The number of benzene rings is 1. The molecule has 17 heavy (non-hydrogen) atoms. The van der Waals surface area contributed by atoms with Crippen LogP contribution in [-0.4, -0.2) is 17.0 Å². The zero-order valence-electron chi connectivity index (χ0n) is 9.42. The van der Waals surface area contributed by atoms with Crippen LogP contribution in [0.5, 0.6) is 0 Å². The zero-order chi connectivity index (χ0) is 13.0. The molecule has 0 spiro atoms. The fourth-order valence-corrected chi connectivity index (χ4v) is 1.29. The minimum absolute atomic E-state index is 0.0991. The maximum atomic E-state index is 12.7. The first-order chi connectivity index (χ1) is 7.91. The van der Waals surface area contributed by atoms with E-state index in [0.717, 1.165) is 12.1 Å². The molecular weight excluding hydrogens is 229 g/mol. The van der Waals surface area contributed by atoms with E-state index in [-0.39, 0.29) is 5.56 Å². The van der Waals surface area contributed by atoms with E-state index >= 15 is 0 Å². The predicted molar refractivity (Wildman–Crippen MR) is 57.4 cm³/mol. The Hall–Kier alpha value is -1.98. The summed E-state index contributed by atoms with van der Waals surface area (Å²) < 4.78 is 17.5. The number of hydrogen-bond donors (Lipinski definition) is 0. The van der Waals surface area contributed by atoms with Gasteiger partial charge in [-0.3, -0.25) is 10.1 Å². The molecular formula is C11H12FNO4. The van der Waals surface area contributed by atoms with Crippen LogP contribution in [0.4, 0.5) is 4.39 Å². The first-order valence-electron chi connectivity index (χ1n) is 5.01. The van der Waals surface area contributed by atoms with Gasteiger partial charge in [-0.05, 0) is 38.1 Å². The van der Waals surface area contributed by atoms with Crippen LogP contribution in [-0.2, 0) is 9.53 Å². The van der Waals surface area contributed by atoms with Crippen LogP contribution in [0.1, 0.15) is 25.5 Å². The normalized spacial score (nSPS) is 12.2. The second-order valence-corrected chi connectivity index (χ2v) is 3.73. The van der Waals surface area contributed by atoms with E-state index in [1.165, 1.54) is 12.1 Å². The van der Waals surface area contributed by atoms with Gasteiger partial charge in [0.25, 0.3) is 0 Å². The molecule has 0 bridgehead atoms. The van der Waals surface area contributed by atoms with E-state index in [1.807, 2.05) is 0 Å². The molecule has 0 aromatic heterocycles. The smallest absolute Gasteiger partial charge is 0.386 e. The molecule has 1 atom stereocenters. The summed E-state index contributed by atoms with van der Waals surface area (Å²) in [5, 5.41) is 10.8. The average Bonchev–Trinajstić information content (AvgIpc) is 2.19. The molecule has 0 aliphatic heterocycles. The maximum absolute atomic E-state index is 12.7. The van der Waals surface area contributed by atoms with Gasteiger partial charge in [0.1, 0.15) is 5.82 Å². The molecule has 1 aromatic carbocycles. The minimum Gasteiger partial charge on any atom is -0.458 e. The Bertz CT molecular complexity index is 416. The summed E-state index contributed by atoms with van der Waals surface area (Å²) in [7, 11) is 0. The molecule has 0 N–H and O–H groups in total. The third-order valence-corrected chi connectivity index (χ3v) is 1.97. The Labute approximate surface area is 97.3 Å². The summed E-state index contributed by atoms with van der Waals surface area (Å²) in [6.45, 7) is 3.19. The molecule has 0 aliphatic rings. The average molecular weight is 241 g/mol. The maximum Gasteiger partial charge on any atom is 0.386 e. The van der Waals surface area contributed by atoms with Crippen LogP contribution in [0, 0.1) is 15.9 Å². The molecule has 0 heterocycles. The fourth-order valence-electron chi connectivity index (χ4n) is 1.29. The molecule has 92 valence electrons. The quantitative estimate of drug-likeness (QED) is 0.460. The van der Waals surface area contributed by atoms with Crippen molar-refractivity contribution < 1.29 is 18.8 Å². The molecule has 0 aliphatic carbocycles. The van der Waals surface area contributed by atoms with E-state index in [4.69, 9.17) is 4.74 Å². The highest BCUT2D eigenvalue weighted by atomic mass is 19.1. The summed E-state index contributed by atoms with van der Waals surface area (Å²) in [5.41, 5.74) is 0.0991. The third kappa shape index (κ3) is 3.51. The van der Waals surface area contributed by atoms with Gasteiger partial charge in [0, 0.05) is 10.5 Å². The van der Waals surface area contributed by atoms with E-state index in [0.29, 0.717) is 0 Å². The van der Waals surface area contributed by atoms with E-state index < -0.39 is 28.9 Å². The number of nitro groups is 1. The van der Waals surface area contributed by atoms with Gasteiger partial charge in [-0.15, -0.1) is 0 Å². The van der Waals surface area contributed by atoms with Crippen molar-refractivity contribution in [1.29, 1.82) is 0 Å². The van der Waals surface area contributed by atoms with E-state index in [2.05, 4.69) is 0 Å². The number of rotatable bonds is 4. The molecule has 1 rings (SSSR count). The van der Waals surface area contributed by atoms with E-state index in [1.54, 1.807) is 13.8 Å². The second-order valence-electron chi connectivity index (χ2n) is 3.73. The van der Waals surface area contributed by atoms with E-state index in [9.17, 15) is 19.3 Å². The van der Waals surface area contributed by atoms with Gasteiger partial charge in [0.15, 0.2) is 0 Å². The lowest BCUT2D eigenvalue weighted by molar-refractivity contribution is -0.516. The molecule has 1 aromatic rings. The minimum atomic E-state index is -1.61. The molecule has 5 nitrogen and oxygen atoms in total. The van der Waals surface area contributed by atoms with Gasteiger partial charge >= 0.3 is 12.0 Å². The van der Waals surface area contributed by atoms with Crippen LogP contribution in [0.25, 0.3) is 0 Å². The van der Waals surface area contributed by atoms with Gasteiger partial charge < -0.3 is 4.74 Å². The van der Waals surface area contributed by atoms with Crippen molar-refractivity contribution in [3.63, 3.8) is 0 Å². The lowest BCUT2D eigenvalue weighted by atomic mass is 10.1. The van der Waals surface area contributed by atoms with Gasteiger partial charge in [-0.2, -0.15) is 0 Å². The van der Waals surface area contributed by atoms with Gasteiger partial charge in [0.05, 0.1) is 6.10 Å². The number of esters is 1. The van der Waals surface area contributed by atoms with Crippen LogP contribution >= 0.6 is 0 Å². The van der Waals surface area contributed by atoms with Crippen LogP contribution in [0.3, 0.4) is 0 Å². The Balaban J connectivity index is 2.97. The molecule has 0 saturated carbocycles. The number of nitrogens with zero attached hydrogens (tertiary/aromatic N) is 1. The number of ether oxygens (including phenoxy) is 1. The summed E-state index contributed by atoms with van der Waals surface area (Å²) in [5.74, 6) is -1.47. The first kappa shape index (κ1) is 13.1. The molecule has 0 radical (unpaired) electrons. The highest BCUT2D eigenvalue weighted by Crippen LogP contribution is 2.19. The van der Waals surface area contributed by atoms with Crippen molar-refractivity contribution in [2.24, 2.45) is 0 Å². The monoisotopic (exact) mass is 241 g/mol. The van der Waals surface area contributed by atoms with Crippen molar-refractivity contribution >= 4 is 5.97 Å². The highest BCUT2D eigenvalue weighted by molar-refractivity contribution is 5.76. The van der Waals surface area contributed by atoms with Crippen molar-refractivity contribution in [3.8, 4) is 0 Å². The summed E-state index contributed by atoms with van der Waals surface area (Å²) >= 11 is 0. The van der Waals surface area contributed by atoms with Crippen molar-refractivity contribution in [1.82, 2.24) is 0 Å². The molecule has 0 fully saturated rings. The third-order valence-electron chi connectivity index (χ3n) is 1.97. The van der Waals surface area contributed by atoms with Gasteiger partial charge in [0.2, 0.25) is 0 Å². The predicted octanol–water partition coefficient (Wildman–Crippen LogP) is 2.10. The van der Waals surface area contributed by atoms with Crippen LogP contribution in [0.2, 0.25) is 0 Å². The van der Waals surface area contributed by atoms with Gasteiger partial charge in [-0.1, -0.05) is 0 Å². The Kier molecular flexibility index (Phi) is 4.14. The highest BCUT2D eigenvalue weighted by Gasteiger charge is 2.34. The second kappa shape index (κ2) is 5.38. The molecule has 0 amide bonds. The van der Waals surface area contributed by atoms with Crippen molar-refractivity contribution in [2.45, 2.75) is 26.0 Å². The number of carbonyl (C=O) groups is 1. The summed E-state index contributed by atoms with van der Waals surface area (Å²) in [4.78, 5) is 21.6. The van der Waals surface area contributed by atoms with Crippen LogP contribution in [0.15, 0.2) is 24.3 Å². The lowest BCUT2D eigenvalue weighted by Crippen LogP contribution is -2.25. The Morgan fingerprint density at radius 1 is 1.35 bits per heavy atom. The standard InChI is InChI=1S/C11H12FNO4/c1-7(2)17-11(14)10(13(15)16)8-3-5-9(12)6-4-8/h3-7,10H,1-2H3. The first-order valence-corrected chi connectivity index (χ1v) is 5.01. The molecule has 1 unspecified atom stereocenters. The lowest BCUT2D eigenvalue weighted by Gasteiger charge is -2.11.